The molecule has 0 radical (unpaired) electrons. The normalized spacial score (nSPS) is 10.3. The quantitative estimate of drug-likeness (QED) is 0.800. The molecule has 1 heterocycles. The summed E-state index contributed by atoms with van der Waals surface area (Å²) in [5.41, 5.74) is 0.812. The molecule has 0 spiro atoms. The molecule has 6 nitrogen and oxygen atoms in total. The minimum absolute atomic E-state index is 0.271. The van der Waals surface area contributed by atoms with E-state index in [4.69, 9.17) is 16.3 Å². The average molecular weight is 321 g/mol. The number of methoxy groups -OCH3 is 1. The molecule has 2 N–H and O–H groups in total. The molecular formula is C15H17ClN4O2. The van der Waals surface area contributed by atoms with E-state index in [1.54, 1.807) is 44.4 Å². The zero-order valence-electron chi connectivity index (χ0n) is 12.4. The predicted octanol–water partition coefficient (Wildman–Crippen LogP) is 2.75. The summed E-state index contributed by atoms with van der Waals surface area (Å²) in [6.45, 7) is 2.87. The third-order valence-corrected chi connectivity index (χ3v) is 3.13. The average Bonchev–Trinajstić information content (AvgIpc) is 2.49. The lowest BCUT2D eigenvalue weighted by Crippen LogP contribution is -2.17. The molecule has 0 atom stereocenters. The van der Waals surface area contributed by atoms with E-state index in [0.717, 1.165) is 0 Å². The molecule has 0 fully saturated rings. The maximum atomic E-state index is 12.3. The minimum Gasteiger partial charge on any atom is -0.383 e. The van der Waals surface area contributed by atoms with Crippen LogP contribution in [-0.4, -0.2) is 36.1 Å². The molecular weight excluding hydrogens is 304 g/mol. The summed E-state index contributed by atoms with van der Waals surface area (Å²) in [4.78, 5) is 20.7. The number of nitrogens with zero attached hydrogens (tertiary/aromatic N) is 2. The molecule has 0 aliphatic rings. The van der Waals surface area contributed by atoms with Gasteiger partial charge in [0.25, 0.3) is 5.91 Å². The van der Waals surface area contributed by atoms with Crippen molar-refractivity contribution in [2.75, 3.05) is 30.9 Å². The van der Waals surface area contributed by atoms with E-state index in [0.29, 0.717) is 35.5 Å². The molecule has 1 amide bonds. The molecule has 1 aromatic carbocycles. The summed E-state index contributed by atoms with van der Waals surface area (Å²) < 4.78 is 4.96. The summed E-state index contributed by atoms with van der Waals surface area (Å²) in [6, 6.07) is 8.62. The number of hydrogen-bond acceptors (Lipinski definition) is 5. The van der Waals surface area contributed by atoms with Gasteiger partial charge in [0.15, 0.2) is 0 Å². The van der Waals surface area contributed by atoms with Crippen molar-refractivity contribution >= 4 is 29.0 Å². The Labute approximate surface area is 133 Å². The number of nitrogens with one attached hydrogen (secondary N) is 2. The molecule has 0 aliphatic heterocycles. The van der Waals surface area contributed by atoms with Gasteiger partial charge in [0.1, 0.15) is 17.3 Å². The lowest BCUT2D eigenvalue weighted by atomic mass is 10.3. The van der Waals surface area contributed by atoms with Crippen molar-refractivity contribution in [1.29, 1.82) is 0 Å². The first kappa shape index (κ1) is 16.2. The number of benzene rings is 1. The minimum atomic E-state index is -0.339. The maximum absolute atomic E-state index is 12.3. The SMILES string of the molecule is COCCNc1cc(C(=O)Nc2ccccc2Cl)nc(C)n1. The van der Waals surface area contributed by atoms with E-state index in [1.807, 2.05) is 0 Å². The van der Waals surface area contributed by atoms with Crippen molar-refractivity contribution in [3.8, 4) is 0 Å². The zero-order chi connectivity index (χ0) is 15.9. The molecule has 0 saturated heterocycles. The highest BCUT2D eigenvalue weighted by Gasteiger charge is 2.12. The fraction of sp³-hybridized carbons (Fsp3) is 0.267. The lowest BCUT2D eigenvalue weighted by Gasteiger charge is -2.09. The number of anilines is 2. The predicted molar refractivity (Wildman–Crippen MR) is 86.5 cm³/mol. The van der Waals surface area contributed by atoms with Crippen LogP contribution in [0.5, 0.6) is 0 Å². The van der Waals surface area contributed by atoms with Gasteiger partial charge in [-0.1, -0.05) is 23.7 Å². The smallest absolute Gasteiger partial charge is 0.274 e. The molecule has 1 aromatic heterocycles. The second-order valence-electron chi connectivity index (χ2n) is 4.54. The van der Waals surface area contributed by atoms with Crippen molar-refractivity contribution in [3.63, 3.8) is 0 Å². The van der Waals surface area contributed by atoms with Gasteiger partial charge in [-0.15, -0.1) is 0 Å². The largest absolute Gasteiger partial charge is 0.383 e. The highest BCUT2D eigenvalue weighted by molar-refractivity contribution is 6.33. The van der Waals surface area contributed by atoms with Gasteiger partial charge in [0.2, 0.25) is 0 Å². The van der Waals surface area contributed by atoms with Crippen LogP contribution in [0.25, 0.3) is 0 Å². The topological polar surface area (TPSA) is 76.1 Å². The third kappa shape index (κ3) is 4.41. The van der Waals surface area contributed by atoms with Crippen molar-refractivity contribution in [1.82, 2.24) is 9.97 Å². The van der Waals surface area contributed by atoms with Gasteiger partial charge < -0.3 is 15.4 Å². The van der Waals surface area contributed by atoms with Crippen LogP contribution in [0.1, 0.15) is 16.3 Å². The number of carbonyl (C=O) groups is 1. The van der Waals surface area contributed by atoms with E-state index in [9.17, 15) is 4.79 Å². The van der Waals surface area contributed by atoms with Gasteiger partial charge >= 0.3 is 0 Å². The van der Waals surface area contributed by atoms with Crippen LogP contribution in [0.3, 0.4) is 0 Å². The van der Waals surface area contributed by atoms with Crippen LogP contribution in [0, 0.1) is 6.92 Å². The Hall–Kier alpha value is -2.18. The van der Waals surface area contributed by atoms with Crippen LogP contribution in [0.4, 0.5) is 11.5 Å². The molecule has 0 bridgehead atoms. The van der Waals surface area contributed by atoms with Crippen molar-refractivity contribution in [2.24, 2.45) is 0 Å². The van der Waals surface area contributed by atoms with Crippen LogP contribution >= 0.6 is 11.6 Å². The van der Waals surface area contributed by atoms with E-state index < -0.39 is 0 Å². The third-order valence-electron chi connectivity index (χ3n) is 2.80. The molecule has 0 unspecified atom stereocenters. The number of halogens is 1. The van der Waals surface area contributed by atoms with Gasteiger partial charge in [-0.2, -0.15) is 0 Å². The Morgan fingerprint density at radius 1 is 1.32 bits per heavy atom. The van der Waals surface area contributed by atoms with Crippen LogP contribution in [0.15, 0.2) is 30.3 Å². The Morgan fingerprint density at radius 2 is 2.09 bits per heavy atom. The number of aryl methyl sites for hydroxylation is 1. The molecule has 116 valence electrons. The lowest BCUT2D eigenvalue weighted by molar-refractivity contribution is 0.102. The summed E-state index contributed by atoms with van der Waals surface area (Å²) in [5, 5.41) is 6.28. The van der Waals surface area contributed by atoms with Gasteiger partial charge in [-0.05, 0) is 19.1 Å². The molecule has 22 heavy (non-hydrogen) atoms. The second kappa shape index (κ2) is 7.72. The molecule has 0 aliphatic carbocycles. The standard InChI is InChI=1S/C15H17ClN4O2/c1-10-18-13(9-14(19-10)17-7-8-22-2)15(21)20-12-6-4-3-5-11(12)16/h3-6,9H,7-8H2,1-2H3,(H,20,21)(H,17,18,19). The van der Waals surface area contributed by atoms with E-state index in [-0.39, 0.29) is 11.6 Å². The van der Waals surface area contributed by atoms with Crippen molar-refractivity contribution < 1.29 is 9.53 Å². The Bertz CT molecular complexity index is 664. The number of carbonyl (C=O) groups excluding carboxylic acids is 1. The maximum Gasteiger partial charge on any atom is 0.274 e. The van der Waals surface area contributed by atoms with Gasteiger partial charge in [0.05, 0.1) is 17.3 Å². The molecule has 0 saturated carbocycles. The summed E-state index contributed by atoms with van der Waals surface area (Å²) in [6.07, 6.45) is 0. The Kier molecular flexibility index (Phi) is 5.68. The van der Waals surface area contributed by atoms with Gasteiger partial charge in [0, 0.05) is 19.7 Å². The number of para-hydroxylation sites is 1. The zero-order valence-corrected chi connectivity index (χ0v) is 13.1. The Morgan fingerprint density at radius 3 is 2.82 bits per heavy atom. The highest BCUT2D eigenvalue weighted by atomic mass is 35.5. The summed E-state index contributed by atoms with van der Waals surface area (Å²) >= 11 is 6.03. The van der Waals surface area contributed by atoms with E-state index in [1.165, 1.54) is 0 Å². The molecule has 7 heteroatoms. The fourth-order valence-corrected chi connectivity index (χ4v) is 1.99. The first-order valence-electron chi connectivity index (χ1n) is 6.74. The summed E-state index contributed by atoms with van der Waals surface area (Å²) in [5.74, 6) is 0.744. The first-order chi connectivity index (χ1) is 10.6. The number of ether oxygens (including phenoxy) is 1. The van der Waals surface area contributed by atoms with Crippen LogP contribution in [-0.2, 0) is 4.74 Å². The van der Waals surface area contributed by atoms with Crippen molar-refractivity contribution in [3.05, 3.63) is 46.9 Å². The number of hydrogen-bond donors (Lipinski definition) is 2. The van der Waals surface area contributed by atoms with Gasteiger partial charge in [-0.25, -0.2) is 9.97 Å². The summed E-state index contributed by atoms with van der Waals surface area (Å²) in [7, 11) is 1.62. The number of amides is 1. The molecule has 2 aromatic rings. The first-order valence-corrected chi connectivity index (χ1v) is 7.12. The second-order valence-corrected chi connectivity index (χ2v) is 4.95. The van der Waals surface area contributed by atoms with Crippen molar-refractivity contribution in [2.45, 2.75) is 6.92 Å². The molecule has 2 rings (SSSR count). The van der Waals surface area contributed by atoms with Gasteiger partial charge in [-0.3, -0.25) is 4.79 Å². The Balaban J connectivity index is 2.13. The van der Waals surface area contributed by atoms with Crippen LogP contribution in [0.2, 0.25) is 5.02 Å². The number of rotatable bonds is 6. The van der Waals surface area contributed by atoms with E-state index in [2.05, 4.69) is 20.6 Å². The van der Waals surface area contributed by atoms with E-state index >= 15 is 0 Å². The monoisotopic (exact) mass is 320 g/mol. The fourth-order valence-electron chi connectivity index (χ4n) is 1.80. The highest BCUT2D eigenvalue weighted by Crippen LogP contribution is 2.21. The number of aromatic nitrogens is 2. The van der Waals surface area contributed by atoms with Crippen LogP contribution < -0.4 is 10.6 Å².